The van der Waals surface area contributed by atoms with Gasteiger partial charge in [0.2, 0.25) is 0 Å². The van der Waals surface area contributed by atoms with Gasteiger partial charge in [0.05, 0.1) is 0 Å². The fourth-order valence-corrected chi connectivity index (χ4v) is 1.82. The lowest BCUT2D eigenvalue weighted by atomic mass is 10.1. The van der Waals surface area contributed by atoms with Crippen molar-refractivity contribution in [3.05, 3.63) is 36.7 Å². The van der Waals surface area contributed by atoms with Crippen LogP contribution in [-0.4, -0.2) is 24.2 Å². The van der Waals surface area contributed by atoms with Crippen molar-refractivity contribution >= 4 is 10.8 Å². The van der Waals surface area contributed by atoms with Crippen LogP contribution in [0.5, 0.6) is 5.75 Å². The summed E-state index contributed by atoms with van der Waals surface area (Å²) in [6, 6.07) is 7.97. The van der Waals surface area contributed by atoms with Crippen molar-refractivity contribution in [2.45, 2.75) is 18.9 Å². The molecule has 0 aliphatic rings. The van der Waals surface area contributed by atoms with E-state index in [0.717, 1.165) is 29.4 Å². The molecule has 1 aromatic carbocycles. The molecular weight excluding hydrogens is 226 g/mol. The molecular formula is C14H19N3O. The Bertz CT molecular complexity index is 501. The van der Waals surface area contributed by atoms with Crippen molar-refractivity contribution in [3.63, 3.8) is 0 Å². The van der Waals surface area contributed by atoms with Gasteiger partial charge in [0.1, 0.15) is 12.4 Å². The zero-order valence-electron chi connectivity index (χ0n) is 10.4. The minimum Gasteiger partial charge on any atom is -0.492 e. The van der Waals surface area contributed by atoms with Gasteiger partial charge in [0.25, 0.3) is 0 Å². The van der Waals surface area contributed by atoms with Crippen LogP contribution in [0.4, 0.5) is 0 Å². The monoisotopic (exact) mass is 245 g/mol. The maximum Gasteiger partial charge on any atom is 0.120 e. The molecule has 4 heteroatoms. The van der Waals surface area contributed by atoms with Crippen LogP contribution in [0, 0.1) is 0 Å². The summed E-state index contributed by atoms with van der Waals surface area (Å²) in [5.74, 6) is 0.844. The fourth-order valence-electron chi connectivity index (χ4n) is 1.82. The van der Waals surface area contributed by atoms with Crippen LogP contribution in [0.2, 0.25) is 0 Å². The molecule has 0 radical (unpaired) electrons. The number of nitrogens with zero attached hydrogens (tertiary/aromatic N) is 1. The Morgan fingerprint density at radius 2 is 2.11 bits per heavy atom. The van der Waals surface area contributed by atoms with Gasteiger partial charge in [0, 0.05) is 23.8 Å². The van der Waals surface area contributed by atoms with Gasteiger partial charge in [-0.3, -0.25) is 4.98 Å². The van der Waals surface area contributed by atoms with Crippen LogP contribution in [0.3, 0.4) is 0 Å². The van der Waals surface area contributed by atoms with Crippen molar-refractivity contribution in [2.24, 2.45) is 11.5 Å². The largest absolute Gasteiger partial charge is 0.492 e. The Kier molecular flexibility index (Phi) is 4.50. The van der Waals surface area contributed by atoms with Gasteiger partial charge < -0.3 is 16.2 Å². The Hall–Kier alpha value is -1.65. The first-order valence-electron chi connectivity index (χ1n) is 6.22. The highest BCUT2D eigenvalue weighted by Crippen LogP contribution is 2.19. The SMILES string of the molecule is NCCCC(N)COc1ccc2cnccc2c1. The first-order chi connectivity index (χ1) is 8.79. The Morgan fingerprint density at radius 3 is 2.94 bits per heavy atom. The summed E-state index contributed by atoms with van der Waals surface area (Å²) in [6.07, 6.45) is 5.45. The van der Waals surface area contributed by atoms with E-state index >= 15 is 0 Å². The van der Waals surface area contributed by atoms with Gasteiger partial charge in [-0.15, -0.1) is 0 Å². The minimum atomic E-state index is 0.0432. The Labute approximate surface area is 107 Å². The summed E-state index contributed by atoms with van der Waals surface area (Å²) in [6.45, 7) is 1.20. The van der Waals surface area contributed by atoms with Gasteiger partial charge in [-0.25, -0.2) is 0 Å². The molecule has 4 N–H and O–H groups in total. The molecule has 18 heavy (non-hydrogen) atoms. The molecule has 0 bridgehead atoms. The van der Waals surface area contributed by atoms with E-state index in [9.17, 15) is 0 Å². The third-order valence-electron chi connectivity index (χ3n) is 2.86. The van der Waals surface area contributed by atoms with Crippen molar-refractivity contribution in [1.29, 1.82) is 0 Å². The molecule has 0 aliphatic heterocycles. The molecule has 1 aromatic heterocycles. The second-order valence-electron chi connectivity index (χ2n) is 4.39. The molecule has 0 amide bonds. The first kappa shape index (κ1) is 12.8. The van der Waals surface area contributed by atoms with E-state index < -0.39 is 0 Å². The summed E-state index contributed by atoms with van der Waals surface area (Å²) in [5, 5.41) is 2.23. The quantitative estimate of drug-likeness (QED) is 0.812. The zero-order chi connectivity index (χ0) is 12.8. The fraction of sp³-hybridized carbons (Fsp3) is 0.357. The minimum absolute atomic E-state index is 0.0432. The maximum atomic E-state index is 5.93. The van der Waals surface area contributed by atoms with Crippen LogP contribution in [-0.2, 0) is 0 Å². The molecule has 1 atom stereocenters. The number of aromatic nitrogens is 1. The van der Waals surface area contributed by atoms with Crippen LogP contribution in [0.15, 0.2) is 36.7 Å². The standard InChI is InChI=1S/C14H19N3O/c15-6-1-2-13(16)10-18-14-4-3-12-9-17-7-5-11(12)8-14/h3-5,7-9,13H,1-2,6,10,15-16H2. The highest BCUT2D eigenvalue weighted by Gasteiger charge is 2.03. The van der Waals surface area contributed by atoms with Crippen molar-refractivity contribution in [3.8, 4) is 5.75 Å². The second kappa shape index (κ2) is 6.33. The van der Waals surface area contributed by atoms with Crippen LogP contribution >= 0.6 is 0 Å². The van der Waals surface area contributed by atoms with E-state index in [-0.39, 0.29) is 6.04 Å². The summed E-state index contributed by atoms with van der Waals surface area (Å²) >= 11 is 0. The molecule has 96 valence electrons. The van der Waals surface area contributed by atoms with E-state index in [0.29, 0.717) is 13.2 Å². The number of fused-ring (bicyclic) bond motifs is 1. The molecule has 0 saturated carbocycles. The summed E-state index contributed by atoms with van der Waals surface area (Å²) in [5.41, 5.74) is 11.4. The number of nitrogens with two attached hydrogens (primary N) is 2. The smallest absolute Gasteiger partial charge is 0.120 e. The van der Waals surface area contributed by atoms with Gasteiger partial charge in [-0.1, -0.05) is 0 Å². The van der Waals surface area contributed by atoms with Gasteiger partial charge in [0.15, 0.2) is 0 Å². The number of benzene rings is 1. The average molecular weight is 245 g/mol. The molecule has 0 saturated heterocycles. The van der Waals surface area contributed by atoms with E-state index in [1.54, 1.807) is 6.20 Å². The van der Waals surface area contributed by atoms with Crippen molar-refractivity contribution in [2.75, 3.05) is 13.2 Å². The van der Waals surface area contributed by atoms with Gasteiger partial charge in [-0.2, -0.15) is 0 Å². The van der Waals surface area contributed by atoms with E-state index in [1.165, 1.54) is 0 Å². The number of hydrogen-bond acceptors (Lipinski definition) is 4. The van der Waals surface area contributed by atoms with Crippen LogP contribution in [0.1, 0.15) is 12.8 Å². The van der Waals surface area contributed by atoms with Crippen LogP contribution in [0.25, 0.3) is 10.8 Å². The third kappa shape index (κ3) is 3.42. The summed E-state index contributed by atoms with van der Waals surface area (Å²) in [4.78, 5) is 4.08. The molecule has 1 heterocycles. The predicted octanol–water partition coefficient (Wildman–Crippen LogP) is 1.68. The zero-order valence-corrected chi connectivity index (χ0v) is 10.4. The third-order valence-corrected chi connectivity index (χ3v) is 2.86. The molecule has 2 rings (SSSR count). The lowest BCUT2D eigenvalue weighted by Gasteiger charge is -2.13. The highest BCUT2D eigenvalue weighted by atomic mass is 16.5. The number of pyridine rings is 1. The van der Waals surface area contributed by atoms with E-state index in [1.807, 2.05) is 30.5 Å². The second-order valence-corrected chi connectivity index (χ2v) is 4.39. The molecule has 2 aromatic rings. The van der Waals surface area contributed by atoms with Crippen LogP contribution < -0.4 is 16.2 Å². The Morgan fingerprint density at radius 1 is 1.22 bits per heavy atom. The van der Waals surface area contributed by atoms with Gasteiger partial charge >= 0.3 is 0 Å². The van der Waals surface area contributed by atoms with E-state index in [2.05, 4.69) is 4.98 Å². The number of ether oxygens (including phenoxy) is 1. The molecule has 0 fully saturated rings. The number of rotatable bonds is 6. The first-order valence-corrected chi connectivity index (χ1v) is 6.22. The topological polar surface area (TPSA) is 74.2 Å². The van der Waals surface area contributed by atoms with Crippen molar-refractivity contribution in [1.82, 2.24) is 4.98 Å². The lowest BCUT2D eigenvalue weighted by molar-refractivity contribution is 0.281. The normalized spacial score (nSPS) is 12.6. The summed E-state index contributed by atoms with van der Waals surface area (Å²) < 4.78 is 5.69. The van der Waals surface area contributed by atoms with E-state index in [4.69, 9.17) is 16.2 Å². The predicted molar refractivity (Wildman–Crippen MR) is 73.5 cm³/mol. The van der Waals surface area contributed by atoms with Crippen molar-refractivity contribution < 1.29 is 4.74 Å². The summed E-state index contributed by atoms with van der Waals surface area (Å²) in [7, 11) is 0. The molecule has 4 nitrogen and oxygen atoms in total. The molecule has 0 spiro atoms. The highest BCUT2D eigenvalue weighted by molar-refractivity contribution is 5.82. The number of hydrogen-bond donors (Lipinski definition) is 2. The van der Waals surface area contributed by atoms with Gasteiger partial charge in [-0.05, 0) is 49.0 Å². The average Bonchev–Trinajstić information content (AvgIpc) is 2.42. The molecule has 0 aliphatic carbocycles. The Balaban J connectivity index is 1.95. The molecule has 1 unspecified atom stereocenters. The lowest BCUT2D eigenvalue weighted by Crippen LogP contribution is -2.28. The maximum absolute atomic E-state index is 5.93.